The summed E-state index contributed by atoms with van der Waals surface area (Å²) in [6, 6.07) is 9.83. The SMILES string of the molecule is COc1ccc(S(=O)(=O)[C@@H](CN)c2c(F)cccc2Cl)cc1. The number of rotatable bonds is 5. The van der Waals surface area contributed by atoms with Crippen LogP contribution in [0, 0.1) is 5.82 Å². The van der Waals surface area contributed by atoms with Gasteiger partial charge < -0.3 is 10.5 Å². The largest absolute Gasteiger partial charge is 0.497 e. The van der Waals surface area contributed by atoms with E-state index >= 15 is 0 Å². The Morgan fingerprint density at radius 2 is 1.86 bits per heavy atom. The minimum absolute atomic E-state index is 0.0306. The fourth-order valence-corrected chi connectivity index (χ4v) is 4.15. The van der Waals surface area contributed by atoms with Gasteiger partial charge in [-0.25, -0.2) is 12.8 Å². The van der Waals surface area contributed by atoms with Crippen molar-refractivity contribution in [1.82, 2.24) is 0 Å². The second-order valence-corrected chi connectivity index (χ2v) is 7.12. The van der Waals surface area contributed by atoms with E-state index in [1.165, 1.54) is 43.5 Å². The Morgan fingerprint density at radius 1 is 1.23 bits per heavy atom. The highest BCUT2D eigenvalue weighted by Crippen LogP contribution is 2.34. The molecule has 2 aromatic carbocycles. The molecular weight excluding hydrogens is 329 g/mol. The lowest BCUT2D eigenvalue weighted by Gasteiger charge is -2.18. The Kier molecular flexibility index (Phi) is 5.05. The van der Waals surface area contributed by atoms with E-state index in [0.29, 0.717) is 5.75 Å². The average molecular weight is 344 g/mol. The van der Waals surface area contributed by atoms with Crippen LogP contribution in [0.3, 0.4) is 0 Å². The standard InChI is InChI=1S/C15H15ClFNO3S/c1-21-10-5-7-11(8-6-10)22(19,20)14(9-18)15-12(16)3-2-4-13(15)17/h2-8,14H,9,18H2,1H3/t14-/m0/s1. The lowest BCUT2D eigenvalue weighted by Crippen LogP contribution is -2.23. The van der Waals surface area contributed by atoms with Crippen LogP contribution < -0.4 is 10.5 Å². The molecule has 0 aliphatic rings. The molecule has 0 aliphatic carbocycles. The van der Waals surface area contributed by atoms with Gasteiger partial charge in [-0.1, -0.05) is 17.7 Å². The molecule has 2 rings (SSSR count). The second-order valence-electron chi connectivity index (χ2n) is 4.58. The Hall–Kier alpha value is -1.63. The molecule has 0 fully saturated rings. The van der Waals surface area contributed by atoms with Gasteiger partial charge in [0.15, 0.2) is 9.84 Å². The zero-order valence-corrected chi connectivity index (χ0v) is 13.4. The molecule has 2 N–H and O–H groups in total. The van der Waals surface area contributed by atoms with Gasteiger partial charge >= 0.3 is 0 Å². The normalized spacial score (nSPS) is 12.9. The van der Waals surface area contributed by atoms with Crippen LogP contribution in [0.15, 0.2) is 47.4 Å². The lowest BCUT2D eigenvalue weighted by atomic mass is 10.1. The molecule has 118 valence electrons. The van der Waals surface area contributed by atoms with Crippen molar-refractivity contribution in [2.45, 2.75) is 10.1 Å². The highest BCUT2D eigenvalue weighted by atomic mass is 35.5. The third kappa shape index (κ3) is 3.09. The first-order valence-electron chi connectivity index (χ1n) is 6.43. The third-order valence-corrected chi connectivity index (χ3v) is 5.73. The molecule has 0 aliphatic heterocycles. The number of benzene rings is 2. The van der Waals surface area contributed by atoms with E-state index in [0.717, 1.165) is 6.07 Å². The third-order valence-electron chi connectivity index (χ3n) is 3.30. The summed E-state index contributed by atoms with van der Waals surface area (Å²) in [4.78, 5) is 0.0306. The smallest absolute Gasteiger partial charge is 0.186 e. The number of nitrogens with two attached hydrogens (primary N) is 1. The number of sulfone groups is 1. The van der Waals surface area contributed by atoms with Gasteiger partial charge in [-0.05, 0) is 36.4 Å². The molecule has 2 aromatic rings. The van der Waals surface area contributed by atoms with Gasteiger partial charge in [-0.15, -0.1) is 0 Å². The molecule has 0 unspecified atom stereocenters. The minimum Gasteiger partial charge on any atom is -0.497 e. The first-order valence-corrected chi connectivity index (χ1v) is 8.36. The van der Waals surface area contributed by atoms with Gasteiger partial charge in [0.25, 0.3) is 0 Å². The minimum atomic E-state index is -3.88. The predicted octanol–water partition coefficient (Wildman–Crippen LogP) is 2.96. The highest BCUT2D eigenvalue weighted by Gasteiger charge is 2.31. The molecule has 4 nitrogen and oxygen atoms in total. The molecule has 0 spiro atoms. The summed E-state index contributed by atoms with van der Waals surface area (Å²) in [6.45, 7) is -0.283. The van der Waals surface area contributed by atoms with Gasteiger partial charge in [-0.3, -0.25) is 0 Å². The summed E-state index contributed by atoms with van der Waals surface area (Å²) < 4.78 is 44.5. The quantitative estimate of drug-likeness (QED) is 0.906. The summed E-state index contributed by atoms with van der Waals surface area (Å²) in [6.07, 6.45) is 0. The van der Waals surface area contributed by atoms with Crippen LogP contribution >= 0.6 is 11.6 Å². The molecule has 0 aromatic heterocycles. The van der Waals surface area contributed by atoms with E-state index in [4.69, 9.17) is 22.1 Å². The van der Waals surface area contributed by atoms with Crippen LogP contribution in [-0.4, -0.2) is 22.1 Å². The second kappa shape index (κ2) is 6.64. The van der Waals surface area contributed by atoms with Crippen molar-refractivity contribution < 1.29 is 17.5 Å². The van der Waals surface area contributed by atoms with E-state index in [1.54, 1.807) is 0 Å². The summed E-state index contributed by atoms with van der Waals surface area (Å²) in [5.41, 5.74) is 5.48. The van der Waals surface area contributed by atoms with Crippen molar-refractivity contribution in [3.05, 3.63) is 58.9 Å². The summed E-state index contributed by atoms with van der Waals surface area (Å²) >= 11 is 5.96. The number of halogens is 2. The average Bonchev–Trinajstić information content (AvgIpc) is 2.51. The lowest BCUT2D eigenvalue weighted by molar-refractivity contribution is 0.414. The van der Waals surface area contributed by atoms with Crippen LogP contribution in [0.5, 0.6) is 5.75 Å². The molecule has 0 heterocycles. The summed E-state index contributed by atoms with van der Waals surface area (Å²) in [7, 11) is -2.40. The first-order chi connectivity index (χ1) is 10.4. The van der Waals surface area contributed by atoms with E-state index in [9.17, 15) is 12.8 Å². The number of hydrogen-bond acceptors (Lipinski definition) is 4. The molecule has 0 radical (unpaired) electrons. The Balaban J connectivity index is 2.53. The summed E-state index contributed by atoms with van der Waals surface area (Å²) in [5, 5.41) is -1.22. The van der Waals surface area contributed by atoms with Crippen molar-refractivity contribution in [2.75, 3.05) is 13.7 Å². The fraction of sp³-hybridized carbons (Fsp3) is 0.200. The van der Waals surface area contributed by atoms with E-state index in [2.05, 4.69) is 0 Å². The zero-order chi connectivity index (χ0) is 16.3. The number of ether oxygens (including phenoxy) is 1. The van der Waals surface area contributed by atoms with Gasteiger partial charge in [-0.2, -0.15) is 0 Å². The monoisotopic (exact) mass is 343 g/mol. The molecule has 1 atom stereocenters. The van der Waals surface area contributed by atoms with Gasteiger partial charge in [0.2, 0.25) is 0 Å². The number of hydrogen-bond donors (Lipinski definition) is 1. The molecule has 7 heteroatoms. The topological polar surface area (TPSA) is 69.4 Å². The maximum absolute atomic E-state index is 14.0. The van der Waals surface area contributed by atoms with Crippen LogP contribution in [0.4, 0.5) is 4.39 Å². The predicted molar refractivity (Wildman–Crippen MR) is 83.4 cm³/mol. The van der Waals surface area contributed by atoms with Crippen molar-refractivity contribution in [1.29, 1.82) is 0 Å². The van der Waals surface area contributed by atoms with Crippen molar-refractivity contribution in [2.24, 2.45) is 5.73 Å². The zero-order valence-electron chi connectivity index (χ0n) is 11.8. The van der Waals surface area contributed by atoms with Crippen LogP contribution in [-0.2, 0) is 9.84 Å². The summed E-state index contributed by atoms with van der Waals surface area (Å²) in [5.74, 6) is -0.174. The van der Waals surface area contributed by atoms with E-state index < -0.39 is 20.9 Å². The van der Waals surface area contributed by atoms with Crippen LogP contribution in [0.1, 0.15) is 10.8 Å². The highest BCUT2D eigenvalue weighted by molar-refractivity contribution is 7.91. The molecule has 0 saturated heterocycles. The van der Waals surface area contributed by atoms with Gasteiger partial charge in [0.1, 0.15) is 16.8 Å². The van der Waals surface area contributed by atoms with Crippen molar-refractivity contribution >= 4 is 21.4 Å². The van der Waals surface area contributed by atoms with Crippen LogP contribution in [0.25, 0.3) is 0 Å². The Labute approximate surface area is 133 Å². The Bertz CT molecular complexity index is 743. The van der Waals surface area contributed by atoms with Gasteiger partial charge in [0, 0.05) is 17.1 Å². The Morgan fingerprint density at radius 3 is 2.36 bits per heavy atom. The molecular formula is C15H15ClFNO3S. The van der Waals surface area contributed by atoms with E-state index in [1.807, 2.05) is 0 Å². The molecule has 0 saturated carbocycles. The van der Waals surface area contributed by atoms with Crippen LogP contribution in [0.2, 0.25) is 5.02 Å². The first kappa shape index (κ1) is 16.7. The molecule has 0 amide bonds. The molecule has 0 bridgehead atoms. The fourth-order valence-electron chi connectivity index (χ4n) is 2.15. The van der Waals surface area contributed by atoms with Gasteiger partial charge in [0.05, 0.1) is 12.0 Å². The van der Waals surface area contributed by atoms with Crippen molar-refractivity contribution in [3.8, 4) is 5.75 Å². The maximum Gasteiger partial charge on any atom is 0.186 e. The molecule has 22 heavy (non-hydrogen) atoms. The number of methoxy groups -OCH3 is 1. The van der Waals surface area contributed by atoms with E-state index in [-0.39, 0.29) is 22.0 Å². The van der Waals surface area contributed by atoms with Crippen molar-refractivity contribution in [3.63, 3.8) is 0 Å². The maximum atomic E-state index is 14.0.